The van der Waals surface area contributed by atoms with Crippen molar-refractivity contribution in [1.82, 2.24) is 35.7 Å². The van der Waals surface area contributed by atoms with Gasteiger partial charge in [0.25, 0.3) is 0 Å². The van der Waals surface area contributed by atoms with Crippen molar-refractivity contribution < 1.29 is 5.11 Å². The van der Waals surface area contributed by atoms with Crippen LogP contribution in [0.15, 0.2) is 30.3 Å². The fourth-order valence-electron chi connectivity index (χ4n) is 4.53. The number of hydrogen-bond acceptors (Lipinski definition) is 8. The summed E-state index contributed by atoms with van der Waals surface area (Å²) < 4.78 is 1.57. The summed E-state index contributed by atoms with van der Waals surface area (Å²) >= 11 is 0. The summed E-state index contributed by atoms with van der Waals surface area (Å²) in [6, 6.07) is 10.9. The largest absolute Gasteiger partial charge is 0.507 e. The molecule has 1 aromatic carbocycles. The van der Waals surface area contributed by atoms with Crippen LogP contribution in [-0.4, -0.2) is 60.7 Å². The summed E-state index contributed by atoms with van der Waals surface area (Å²) in [6.45, 7) is 1.81. The molecule has 2 fully saturated rings. The van der Waals surface area contributed by atoms with Crippen LogP contribution in [0.25, 0.3) is 16.9 Å². The van der Waals surface area contributed by atoms with Crippen LogP contribution in [0.3, 0.4) is 0 Å². The lowest BCUT2D eigenvalue weighted by Gasteiger charge is -2.36. The SMILES string of the molecule is Cc1nnnn1-c1ccc(-c2ccc(N(C)C3C[C@H]4CC[C@@H](C3)N4)nn2)c(O)c1. The lowest BCUT2D eigenvalue weighted by atomic mass is 9.98. The van der Waals surface area contributed by atoms with Crippen LogP contribution >= 0.6 is 0 Å². The molecule has 0 spiro atoms. The second-order valence-corrected chi connectivity index (χ2v) is 7.99. The van der Waals surface area contributed by atoms with Gasteiger partial charge in [-0.1, -0.05) is 0 Å². The van der Waals surface area contributed by atoms with Gasteiger partial charge in [-0.05, 0) is 67.3 Å². The molecular formula is C20H24N8O. The number of aromatic hydroxyl groups is 1. The number of phenolic OH excluding ortho intramolecular Hbond substituents is 1. The van der Waals surface area contributed by atoms with Gasteiger partial charge < -0.3 is 15.3 Å². The molecule has 0 saturated carbocycles. The Balaban J connectivity index is 1.35. The number of tetrazole rings is 1. The van der Waals surface area contributed by atoms with Crippen molar-refractivity contribution in [2.75, 3.05) is 11.9 Å². The summed E-state index contributed by atoms with van der Waals surface area (Å²) in [5.74, 6) is 1.62. The molecule has 3 aromatic rings. The van der Waals surface area contributed by atoms with Gasteiger partial charge in [0.05, 0.1) is 11.4 Å². The molecule has 29 heavy (non-hydrogen) atoms. The molecule has 2 aliphatic heterocycles. The van der Waals surface area contributed by atoms with Gasteiger partial charge >= 0.3 is 0 Å². The first-order valence-electron chi connectivity index (χ1n) is 10.00. The van der Waals surface area contributed by atoms with Gasteiger partial charge in [-0.25, -0.2) is 0 Å². The van der Waals surface area contributed by atoms with E-state index in [0.717, 1.165) is 18.7 Å². The molecule has 9 nitrogen and oxygen atoms in total. The van der Waals surface area contributed by atoms with E-state index in [1.165, 1.54) is 12.8 Å². The van der Waals surface area contributed by atoms with Gasteiger partial charge in [0.15, 0.2) is 11.6 Å². The maximum absolute atomic E-state index is 10.5. The molecule has 0 aliphatic carbocycles. The van der Waals surface area contributed by atoms with E-state index in [2.05, 4.69) is 43.0 Å². The molecule has 0 radical (unpaired) electrons. The van der Waals surface area contributed by atoms with E-state index in [-0.39, 0.29) is 5.75 Å². The van der Waals surface area contributed by atoms with Crippen molar-refractivity contribution in [2.24, 2.45) is 0 Å². The second kappa shape index (κ2) is 7.07. The zero-order valence-electron chi connectivity index (χ0n) is 16.5. The van der Waals surface area contributed by atoms with Crippen molar-refractivity contribution in [3.8, 4) is 22.7 Å². The molecule has 150 valence electrons. The molecule has 2 saturated heterocycles. The first-order chi connectivity index (χ1) is 14.1. The average molecular weight is 392 g/mol. The molecule has 4 heterocycles. The van der Waals surface area contributed by atoms with Gasteiger partial charge in [0, 0.05) is 36.8 Å². The predicted octanol–water partition coefficient (Wildman–Crippen LogP) is 1.85. The molecule has 1 unspecified atom stereocenters. The van der Waals surface area contributed by atoms with Crippen LogP contribution in [-0.2, 0) is 0 Å². The first-order valence-corrected chi connectivity index (χ1v) is 10.00. The van der Waals surface area contributed by atoms with E-state index < -0.39 is 0 Å². The van der Waals surface area contributed by atoms with Gasteiger partial charge in [-0.2, -0.15) is 4.68 Å². The van der Waals surface area contributed by atoms with E-state index in [4.69, 9.17) is 0 Å². The third-order valence-corrected chi connectivity index (χ3v) is 6.13. The number of anilines is 1. The molecular weight excluding hydrogens is 368 g/mol. The molecule has 0 amide bonds. The normalized spacial score (nSPS) is 23.3. The molecule has 2 aliphatic rings. The number of aromatic nitrogens is 6. The highest BCUT2D eigenvalue weighted by molar-refractivity contribution is 5.69. The Morgan fingerprint density at radius 1 is 1.07 bits per heavy atom. The van der Waals surface area contributed by atoms with Crippen molar-refractivity contribution in [3.05, 3.63) is 36.2 Å². The Kier molecular flexibility index (Phi) is 4.39. The minimum Gasteiger partial charge on any atom is -0.507 e. The number of benzene rings is 1. The quantitative estimate of drug-likeness (QED) is 0.693. The van der Waals surface area contributed by atoms with Crippen molar-refractivity contribution in [2.45, 2.75) is 50.7 Å². The van der Waals surface area contributed by atoms with Crippen LogP contribution in [0, 0.1) is 6.92 Å². The molecule has 5 rings (SSSR count). The summed E-state index contributed by atoms with van der Waals surface area (Å²) in [4.78, 5) is 2.24. The number of nitrogens with one attached hydrogen (secondary N) is 1. The number of rotatable bonds is 4. The highest BCUT2D eigenvalue weighted by Gasteiger charge is 2.35. The predicted molar refractivity (Wildman–Crippen MR) is 108 cm³/mol. The van der Waals surface area contributed by atoms with Crippen LogP contribution in [0.2, 0.25) is 0 Å². The fourth-order valence-corrected chi connectivity index (χ4v) is 4.53. The van der Waals surface area contributed by atoms with E-state index in [9.17, 15) is 5.11 Å². The highest BCUT2D eigenvalue weighted by atomic mass is 16.3. The number of aryl methyl sites for hydroxylation is 1. The van der Waals surface area contributed by atoms with Crippen LogP contribution in [0.4, 0.5) is 5.82 Å². The van der Waals surface area contributed by atoms with E-state index in [0.29, 0.717) is 40.9 Å². The zero-order chi connectivity index (χ0) is 20.0. The summed E-state index contributed by atoms with van der Waals surface area (Å²) in [5.41, 5.74) is 1.95. The van der Waals surface area contributed by atoms with E-state index >= 15 is 0 Å². The third-order valence-electron chi connectivity index (χ3n) is 6.13. The van der Waals surface area contributed by atoms with Gasteiger partial charge in [-0.15, -0.1) is 15.3 Å². The molecule has 9 heteroatoms. The molecule has 2 N–H and O–H groups in total. The molecule has 3 atom stereocenters. The van der Waals surface area contributed by atoms with Gasteiger partial charge in [0.1, 0.15) is 5.75 Å². The first kappa shape index (κ1) is 18.0. The summed E-state index contributed by atoms with van der Waals surface area (Å²) in [5, 5.41) is 34.4. The van der Waals surface area contributed by atoms with Crippen molar-refractivity contribution in [1.29, 1.82) is 0 Å². The lowest BCUT2D eigenvalue weighted by Crippen LogP contribution is -2.47. The second-order valence-electron chi connectivity index (χ2n) is 7.99. The fraction of sp³-hybridized carbons (Fsp3) is 0.450. The Morgan fingerprint density at radius 3 is 2.48 bits per heavy atom. The van der Waals surface area contributed by atoms with Gasteiger partial charge in [0.2, 0.25) is 0 Å². The summed E-state index contributed by atoms with van der Waals surface area (Å²) in [7, 11) is 2.10. The topological polar surface area (TPSA) is 105 Å². The van der Waals surface area contributed by atoms with Crippen LogP contribution in [0.1, 0.15) is 31.5 Å². The smallest absolute Gasteiger partial charge is 0.153 e. The molecule has 2 aromatic heterocycles. The number of fused-ring (bicyclic) bond motifs is 2. The zero-order valence-corrected chi connectivity index (χ0v) is 16.5. The number of piperidine rings is 1. The number of phenols is 1. The van der Waals surface area contributed by atoms with Gasteiger partial charge in [-0.3, -0.25) is 0 Å². The van der Waals surface area contributed by atoms with E-state index in [1.54, 1.807) is 17.7 Å². The van der Waals surface area contributed by atoms with Crippen molar-refractivity contribution in [3.63, 3.8) is 0 Å². The minimum atomic E-state index is 0.114. The maximum atomic E-state index is 10.5. The third kappa shape index (κ3) is 3.31. The number of hydrogen-bond donors (Lipinski definition) is 2. The standard InChI is InChI=1S/C20H24N8O/c1-12-22-25-26-28(12)15-5-6-17(19(29)11-15)18-7-8-20(24-23-18)27(2)16-9-13-3-4-14(10-16)21-13/h5-8,11,13-14,16,21,29H,3-4,9-10H2,1-2H3/t13-,14+,16?. The van der Waals surface area contributed by atoms with Crippen molar-refractivity contribution >= 4 is 5.82 Å². The Morgan fingerprint density at radius 2 is 1.86 bits per heavy atom. The maximum Gasteiger partial charge on any atom is 0.153 e. The van der Waals surface area contributed by atoms with Crippen LogP contribution < -0.4 is 10.2 Å². The number of nitrogens with zero attached hydrogens (tertiary/aromatic N) is 7. The minimum absolute atomic E-state index is 0.114. The lowest BCUT2D eigenvalue weighted by molar-refractivity contribution is 0.353. The Labute approximate surface area is 168 Å². The summed E-state index contributed by atoms with van der Waals surface area (Å²) in [6.07, 6.45) is 4.85. The molecule has 2 bridgehead atoms. The van der Waals surface area contributed by atoms with E-state index in [1.807, 2.05) is 24.3 Å². The Bertz CT molecular complexity index is 1010. The Hall–Kier alpha value is -3.07. The highest BCUT2D eigenvalue weighted by Crippen LogP contribution is 2.32. The average Bonchev–Trinajstić information content (AvgIpc) is 3.32. The monoisotopic (exact) mass is 392 g/mol. The van der Waals surface area contributed by atoms with Crippen LogP contribution in [0.5, 0.6) is 5.75 Å².